The number of rotatable bonds is 5. The van der Waals surface area contributed by atoms with E-state index in [4.69, 9.17) is 4.74 Å². The highest BCUT2D eigenvalue weighted by Gasteiger charge is 2.17. The van der Waals surface area contributed by atoms with E-state index in [9.17, 15) is 9.90 Å². The number of aromatic nitrogens is 1. The molecule has 0 aliphatic carbocycles. The van der Waals surface area contributed by atoms with Crippen LogP contribution in [0.5, 0.6) is 0 Å². The van der Waals surface area contributed by atoms with Crippen molar-refractivity contribution in [2.75, 3.05) is 13.7 Å². The lowest BCUT2D eigenvalue weighted by Crippen LogP contribution is -2.04. The number of fused-ring (bicyclic) bond motifs is 1. The van der Waals surface area contributed by atoms with Crippen LogP contribution in [0.25, 0.3) is 10.9 Å². The van der Waals surface area contributed by atoms with Crippen LogP contribution in [0.4, 0.5) is 0 Å². The molecule has 0 unspecified atom stereocenters. The molecular weight excluding hydrogens is 242 g/mol. The molecule has 2 aromatic rings. The first-order valence-electron chi connectivity index (χ1n) is 6.40. The predicted molar refractivity (Wildman–Crippen MR) is 74.9 cm³/mol. The average molecular weight is 261 g/mol. The minimum atomic E-state index is -0.887. The number of carboxylic acids is 1. The van der Waals surface area contributed by atoms with Crippen LogP contribution in [-0.4, -0.2) is 29.4 Å². The van der Waals surface area contributed by atoms with E-state index in [-0.39, 0.29) is 0 Å². The van der Waals surface area contributed by atoms with Gasteiger partial charge in [-0.05, 0) is 11.5 Å². The summed E-state index contributed by atoms with van der Waals surface area (Å²) in [6, 6.07) is 5.85. The summed E-state index contributed by atoms with van der Waals surface area (Å²) in [5.74, 6) is -0.538. The number of carboxylic acid groups (broad SMARTS) is 1. The molecule has 0 aliphatic rings. The number of benzene rings is 1. The maximum atomic E-state index is 11.3. The molecular formula is C15H19NO3. The quantitative estimate of drug-likeness (QED) is 0.899. The van der Waals surface area contributed by atoms with E-state index in [2.05, 4.69) is 19.9 Å². The third kappa shape index (κ3) is 2.49. The van der Waals surface area contributed by atoms with E-state index in [0.717, 1.165) is 10.9 Å². The Balaban J connectivity index is 2.68. The number of nitrogens with zero attached hydrogens (tertiary/aromatic N) is 1. The molecule has 0 aliphatic heterocycles. The summed E-state index contributed by atoms with van der Waals surface area (Å²) in [5.41, 5.74) is 2.53. The van der Waals surface area contributed by atoms with Crippen LogP contribution in [0.1, 0.15) is 35.7 Å². The Hall–Kier alpha value is -1.81. The summed E-state index contributed by atoms with van der Waals surface area (Å²) in [6.45, 7) is 5.45. The molecule has 1 aromatic heterocycles. The Labute approximate surface area is 112 Å². The van der Waals surface area contributed by atoms with E-state index in [1.807, 2.05) is 16.7 Å². The zero-order valence-electron chi connectivity index (χ0n) is 11.5. The Morgan fingerprint density at radius 2 is 2.16 bits per heavy atom. The third-order valence-electron chi connectivity index (χ3n) is 3.32. The molecule has 1 N–H and O–H groups in total. The van der Waals surface area contributed by atoms with Crippen molar-refractivity contribution in [2.24, 2.45) is 0 Å². The molecule has 2 rings (SSSR count). The number of hydrogen-bond acceptors (Lipinski definition) is 2. The van der Waals surface area contributed by atoms with E-state index in [1.54, 1.807) is 13.3 Å². The summed E-state index contributed by atoms with van der Waals surface area (Å²) < 4.78 is 7.08. The zero-order valence-corrected chi connectivity index (χ0v) is 11.5. The Kier molecular flexibility index (Phi) is 3.90. The fraction of sp³-hybridized carbons (Fsp3) is 0.400. The van der Waals surface area contributed by atoms with Crippen molar-refractivity contribution in [3.8, 4) is 0 Å². The Morgan fingerprint density at radius 3 is 2.74 bits per heavy atom. The van der Waals surface area contributed by atoms with Gasteiger partial charge in [0.25, 0.3) is 0 Å². The van der Waals surface area contributed by atoms with Gasteiger partial charge in [0, 0.05) is 25.2 Å². The van der Waals surface area contributed by atoms with E-state index in [0.29, 0.717) is 24.6 Å². The summed E-state index contributed by atoms with van der Waals surface area (Å²) in [7, 11) is 1.65. The van der Waals surface area contributed by atoms with Crippen LogP contribution in [0.3, 0.4) is 0 Å². The maximum Gasteiger partial charge on any atom is 0.337 e. The average Bonchev–Trinajstić information content (AvgIpc) is 2.75. The molecule has 0 spiro atoms. The van der Waals surface area contributed by atoms with E-state index in [1.165, 1.54) is 5.56 Å². The van der Waals surface area contributed by atoms with Crippen molar-refractivity contribution in [3.63, 3.8) is 0 Å². The highest BCUT2D eigenvalue weighted by Crippen LogP contribution is 2.29. The van der Waals surface area contributed by atoms with Gasteiger partial charge in [-0.1, -0.05) is 32.0 Å². The molecule has 0 saturated carbocycles. The van der Waals surface area contributed by atoms with Crippen LogP contribution < -0.4 is 0 Å². The van der Waals surface area contributed by atoms with Crippen LogP contribution >= 0.6 is 0 Å². The third-order valence-corrected chi connectivity index (χ3v) is 3.32. The highest BCUT2D eigenvalue weighted by molar-refractivity contribution is 6.04. The van der Waals surface area contributed by atoms with Crippen molar-refractivity contribution < 1.29 is 14.6 Å². The highest BCUT2D eigenvalue weighted by atomic mass is 16.5. The van der Waals surface area contributed by atoms with Crippen molar-refractivity contribution in [1.29, 1.82) is 0 Å². The lowest BCUT2D eigenvalue weighted by molar-refractivity contribution is 0.0698. The van der Waals surface area contributed by atoms with Crippen LogP contribution in [0, 0.1) is 0 Å². The fourth-order valence-corrected chi connectivity index (χ4v) is 2.39. The minimum Gasteiger partial charge on any atom is -0.478 e. The second-order valence-corrected chi connectivity index (χ2v) is 4.93. The molecule has 19 heavy (non-hydrogen) atoms. The molecule has 0 bridgehead atoms. The maximum absolute atomic E-state index is 11.3. The number of aromatic carboxylic acids is 1. The van der Waals surface area contributed by atoms with Gasteiger partial charge in [-0.3, -0.25) is 0 Å². The van der Waals surface area contributed by atoms with Crippen LogP contribution in [0.15, 0.2) is 24.4 Å². The zero-order chi connectivity index (χ0) is 14.0. The lowest BCUT2D eigenvalue weighted by Gasteiger charge is -2.11. The molecule has 0 radical (unpaired) electrons. The second kappa shape index (κ2) is 5.45. The minimum absolute atomic E-state index is 0.349. The van der Waals surface area contributed by atoms with Crippen molar-refractivity contribution >= 4 is 16.9 Å². The van der Waals surface area contributed by atoms with E-state index >= 15 is 0 Å². The summed E-state index contributed by atoms with van der Waals surface area (Å²) >= 11 is 0. The number of carbonyl (C=O) groups is 1. The molecule has 1 heterocycles. The largest absolute Gasteiger partial charge is 0.478 e. The van der Waals surface area contributed by atoms with Gasteiger partial charge >= 0.3 is 5.97 Å². The lowest BCUT2D eigenvalue weighted by atomic mass is 9.99. The second-order valence-electron chi connectivity index (χ2n) is 4.93. The molecule has 0 atom stereocenters. The number of methoxy groups -OCH3 is 1. The molecule has 1 aromatic carbocycles. The Bertz CT molecular complexity index is 599. The first-order valence-corrected chi connectivity index (χ1v) is 6.40. The van der Waals surface area contributed by atoms with Gasteiger partial charge in [0.05, 0.1) is 17.7 Å². The Morgan fingerprint density at radius 1 is 1.42 bits per heavy atom. The van der Waals surface area contributed by atoms with Crippen molar-refractivity contribution in [2.45, 2.75) is 26.3 Å². The number of ether oxygens (including phenoxy) is 1. The normalized spacial score (nSPS) is 11.4. The topological polar surface area (TPSA) is 51.5 Å². The SMILES string of the molecule is COCCn1cc(C(=O)O)c2cccc(C(C)C)c21. The molecule has 4 nitrogen and oxygen atoms in total. The van der Waals surface area contributed by atoms with Crippen LogP contribution in [0.2, 0.25) is 0 Å². The van der Waals surface area contributed by atoms with Crippen LogP contribution in [-0.2, 0) is 11.3 Å². The first-order chi connectivity index (χ1) is 9.06. The standard InChI is InChI=1S/C15H19NO3/c1-10(2)11-5-4-6-12-13(15(17)18)9-16(14(11)12)7-8-19-3/h4-6,9-10H,7-8H2,1-3H3,(H,17,18). The molecule has 0 saturated heterocycles. The predicted octanol–water partition coefficient (Wildman–Crippen LogP) is 3.11. The van der Waals surface area contributed by atoms with Gasteiger partial charge in [0.1, 0.15) is 0 Å². The molecule has 102 valence electrons. The summed E-state index contributed by atoms with van der Waals surface area (Å²) in [4.78, 5) is 11.3. The van der Waals surface area contributed by atoms with Gasteiger partial charge < -0.3 is 14.4 Å². The molecule has 0 fully saturated rings. The van der Waals surface area contributed by atoms with Gasteiger partial charge in [-0.25, -0.2) is 4.79 Å². The van der Waals surface area contributed by atoms with Gasteiger partial charge in [-0.15, -0.1) is 0 Å². The fourth-order valence-electron chi connectivity index (χ4n) is 2.39. The van der Waals surface area contributed by atoms with Crippen molar-refractivity contribution in [3.05, 3.63) is 35.5 Å². The van der Waals surface area contributed by atoms with Gasteiger partial charge in [0.15, 0.2) is 0 Å². The number of para-hydroxylation sites is 1. The van der Waals surface area contributed by atoms with E-state index < -0.39 is 5.97 Å². The van der Waals surface area contributed by atoms with Gasteiger partial charge in [0.2, 0.25) is 0 Å². The van der Waals surface area contributed by atoms with Crippen molar-refractivity contribution in [1.82, 2.24) is 4.57 Å². The molecule has 0 amide bonds. The monoisotopic (exact) mass is 261 g/mol. The summed E-state index contributed by atoms with van der Waals surface area (Å²) in [5, 5.41) is 10.1. The first kappa shape index (κ1) is 13.6. The number of hydrogen-bond donors (Lipinski definition) is 1. The summed E-state index contributed by atoms with van der Waals surface area (Å²) in [6.07, 6.45) is 1.71. The van der Waals surface area contributed by atoms with Gasteiger partial charge in [-0.2, -0.15) is 0 Å². The molecule has 4 heteroatoms. The smallest absolute Gasteiger partial charge is 0.337 e.